The maximum Gasteiger partial charge on any atom is 0.343 e. The van der Waals surface area contributed by atoms with Gasteiger partial charge in [0.2, 0.25) is 0 Å². The summed E-state index contributed by atoms with van der Waals surface area (Å²) in [5, 5.41) is 9.55. The Morgan fingerprint density at radius 1 is 1.71 bits per heavy atom. The minimum Gasteiger partial charge on any atom is -0.312 e. The van der Waals surface area contributed by atoms with Crippen molar-refractivity contribution in [3.63, 3.8) is 0 Å². The number of hydrogen-bond acceptors (Lipinski definition) is 3. The molecule has 2 unspecified atom stereocenters. The van der Waals surface area contributed by atoms with Crippen LogP contribution in [-0.4, -0.2) is 27.4 Å². The van der Waals surface area contributed by atoms with Gasteiger partial charge in [-0.3, -0.25) is 4.57 Å². The standard InChI is InChI=1S/C9H16N4O/c1-7-3-2-4-10-8(7)5-13-6-11-12-9(13)14/h6-8,10H,2-5H2,1H3,(H,12,14). The monoisotopic (exact) mass is 196 g/mol. The molecule has 0 aromatic carbocycles. The smallest absolute Gasteiger partial charge is 0.312 e. The van der Waals surface area contributed by atoms with Gasteiger partial charge in [-0.2, -0.15) is 5.10 Å². The van der Waals surface area contributed by atoms with Crippen LogP contribution in [0.5, 0.6) is 0 Å². The largest absolute Gasteiger partial charge is 0.343 e. The highest BCUT2D eigenvalue weighted by Crippen LogP contribution is 2.16. The number of rotatable bonds is 2. The maximum absolute atomic E-state index is 11.2. The molecular weight excluding hydrogens is 180 g/mol. The van der Waals surface area contributed by atoms with Crippen LogP contribution in [0.15, 0.2) is 11.1 Å². The Morgan fingerprint density at radius 2 is 2.57 bits per heavy atom. The zero-order valence-electron chi connectivity index (χ0n) is 8.36. The number of piperidine rings is 1. The van der Waals surface area contributed by atoms with Gasteiger partial charge in [-0.15, -0.1) is 0 Å². The molecule has 2 rings (SSSR count). The lowest BCUT2D eigenvalue weighted by molar-refractivity contribution is 0.271. The minimum atomic E-state index is -0.121. The van der Waals surface area contributed by atoms with Crippen LogP contribution in [0.2, 0.25) is 0 Å². The van der Waals surface area contributed by atoms with Crippen LogP contribution in [0.3, 0.4) is 0 Å². The predicted octanol–water partition coefficient (Wildman–Crippen LogP) is -0.0405. The summed E-state index contributed by atoms with van der Waals surface area (Å²) in [7, 11) is 0. The quantitative estimate of drug-likeness (QED) is 0.697. The van der Waals surface area contributed by atoms with E-state index in [1.165, 1.54) is 12.8 Å². The molecule has 14 heavy (non-hydrogen) atoms. The lowest BCUT2D eigenvalue weighted by atomic mass is 9.93. The molecule has 0 radical (unpaired) electrons. The fraction of sp³-hybridized carbons (Fsp3) is 0.778. The highest BCUT2D eigenvalue weighted by atomic mass is 16.1. The van der Waals surface area contributed by atoms with Crippen molar-refractivity contribution in [1.82, 2.24) is 20.1 Å². The van der Waals surface area contributed by atoms with E-state index in [1.807, 2.05) is 0 Å². The molecule has 2 atom stereocenters. The summed E-state index contributed by atoms with van der Waals surface area (Å²) in [6, 6.07) is 0.402. The molecule has 5 nitrogen and oxygen atoms in total. The Kier molecular flexibility index (Phi) is 2.67. The molecule has 2 heterocycles. The Hall–Kier alpha value is -1.10. The van der Waals surface area contributed by atoms with E-state index < -0.39 is 0 Å². The average molecular weight is 196 g/mol. The number of nitrogens with zero attached hydrogens (tertiary/aromatic N) is 2. The molecule has 1 aromatic rings. The summed E-state index contributed by atoms with van der Waals surface area (Å²) >= 11 is 0. The van der Waals surface area contributed by atoms with Crippen LogP contribution in [0.25, 0.3) is 0 Å². The molecule has 0 spiro atoms. The van der Waals surface area contributed by atoms with Gasteiger partial charge in [0.05, 0.1) is 0 Å². The van der Waals surface area contributed by atoms with Gasteiger partial charge in [0.1, 0.15) is 6.33 Å². The van der Waals surface area contributed by atoms with Gasteiger partial charge >= 0.3 is 5.69 Å². The number of aromatic nitrogens is 3. The second kappa shape index (κ2) is 3.96. The minimum absolute atomic E-state index is 0.121. The van der Waals surface area contributed by atoms with E-state index in [4.69, 9.17) is 0 Å². The van der Waals surface area contributed by atoms with Gasteiger partial charge in [-0.25, -0.2) is 9.89 Å². The van der Waals surface area contributed by atoms with Crippen molar-refractivity contribution in [2.45, 2.75) is 32.4 Å². The molecule has 2 N–H and O–H groups in total. The first-order chi connectivity index (χ1) is 6.77. The summed E-state index contributed by atoms with van der Waals surface area (Å²) in [6.07, 6.45) is 4.04. The molecule has 0 saturated carbocycles. The summed E-state index contributed by atoms with van der Waals surface area (Å²) in [5.74, 6) is 0.630. The van der Waals surface area contributed by atoms with Crippen LogP contribution in [0.1, 0.15) is 19.8 Å². The number of nitrogens with one attached hydrogen (secondary N) is 2. The Labute approximate surface area is 82.5 Å². The zero-order valence-corrected chi connectivity index (χ0v) is 8.36. The summed E-state index contributed by atoms with van der Waals surface area (Å²) in [5.41, 5.74) is -0.121. The van der Waals surface area contributed by atoms with Crippen molar-refractivity contribution in [2.75, 3.05) is 6.54 Å². The van der Waals surface area contributed by atoms with Crippen LogP contribution >= 0.6 is 0 Å². The van der Waals surface area contributed by atoms with E-state index in [0.29, 0.717) is 12.0 Å². The Bertz CT molecular complexity index is 343. The third-order valence-electron chi connectivity index (χ3n) is 2.94. The van der Waals surface area contributed by atoms with Crippen LogP contribution in [0.4, 0.5) is 0 Å². The molecule has 1 aromatic heterocycles. The third kappa shape index (κ3) is 1.87. The SMILES string of the molecule is CC1CCCNC1Cn1cn[nH]c1=O. The van der Waals surface area contributed by atoms with Gasteiger partial charge in [0, 0.05) is 12.6 Å². The molecule has 1 fully saturated rings. The molecule has 0 bridgehead atoms. The topological polar surface area (TPSA) is 62.7 Å². The summed E-state index contributed by atoms with van der Waals surface area (Å²) in [4.78, 5) is 11.2. The molecular formula is C9H16N4O. The zero-order chi connectivity index (χ0) is 9.97. The first kappa shape index (κ1) is 9.45. The number of H-pyrrole nitrogens is 1. The Balaban J connectivity index is 2.03. The lowest BCUT2D eigenvalue weighted by Crippen LogP contribution is -2.44. The molecule has 5 heteroatoms. The van der Waals surface area contributed by atoms with Crippen molar-refractivity contribution in [2.24, 2.45) is 5.92 Å². The van der Waals surface area contributed by atoms with Crippen LogP contribution in [-0.2, 0) is 6.54 Å². The lowest BCUT2D eigenvalue weighted by Gasteiger charge is -2.29. The van der Waals surface area contributed by atoms with E-state index in [1.54, 1.807) is 10.9 Å². The first-order valence-electron chi connectivity index (χ1n) is 5.10. The summed E-state index contributed by atoms with van der Waals surface area (Å²) in [6.45, 7) is 4.00. The predicted molar refractivity (Wildman–Crippen MR) is 53.0 cm³/mol. The van der Waals surface area contributed by atoms with E-state index >= 15 is 0 Å². The highest BCUT2D eigenvalue weighted by molar-refractivity contribution is 4.80. The normalized spacial score (nSPS) is 27.8. The van der Waals surface area contributed by atoms with Gasteiger partial charge in [-0.1, -0.05) is 6.92 Å². The molecule has 1 aliphatic rings. The fourth-order valence-corrected chi connectivity index (χ4v) is 1.97. The first-order valence-corrected chi connectivity index (χ1v) is 5.10. The third-order valence-corrected chi connectivity index (χ3v) is 2.94. The molecule has 1 saturated heterocycles. The van der Waals surface area contributed by atoms with E-state index in [-0.39, 0.29) is 5.69 Å². The van der Waals surface area contributed by atoms with Crippen molar-refractivity contribution < 1.29 is 0 Å². The van der Waals surface area contributed by atoms with Crippen LogP contribution < -0.4 is 11.0 Å². The van der Waals surface area contributed by atoms with E-state index in [9.17, 15) is 4.79 Å². The highest BCUT2D eigenvalue weighted by Gasteiger charge is 2.21. The van der Waals surface area contributed by atoms with Gasteiger partial charge in [-0.05, 0) is 25.3 Å². The Morgan fingerprint density at radius 3 is 3.21 bits per heavy atom. The van der Waals surface area contributed by atoms with E-state index in [0.717, 1.165) is 13.1 Å². The van der Waals surface area contributed by atoms with Gasteiger partial charge < -0.3 is 5.32 Å². The second-order valence-electron chi connectivity index (χ2n) is 3.99. The van der Waals surface area contributed by atoms with Crippen LogP contribution in [0, 0.1) is 5.92 Å². The maximum atomic E-state index is 11.2. The van der Waals surface area contributed by atoms with Crippen molar-refractivity contribution in [3.8, 4) is 0 Å². The fourth-order valence-electron chi connectivity index (χ4n) is 1.97. The molecule has 1 aliphatic heterocycles. The van der Waals surface area contributed by atoms with E-state index in [2.05, 4.69) is 22.4 Å². The number of aromatic amines is 1. The second-order valence-corrected chi connectivity index (χ2v) is 3.99. The molecule has 78 valence electrons. The van der Waals surface area contributed by atoms with Crippen molar-refractivity contribution >= 4 is 0 Å². The van der Waals surface area contributed by atoms with Gasteiger partial charge in [0.25, 0.3) is 0 Å². The average Bonchev–Trinajstić information content (AvgIpc) is 2.56. The summed E-state index contributed by atoms with van der Waals surface area (Å²) < 4.78 is 1.62. The molecule has 0 amide bonds. The van der Waals surface area contributed by atoms with Crippen molar-refractivity contribution in [1.29, 1.82) is 0 Å². The van der Waals surface area contributed by atoms with Crippen molar-refractivity contribution in [3.05, 3.63) is 16.8 Å². The molecule has 0 aliphatic carbocycles. The van der Waals surface area contributed by atoms with Gasteiger partial charge in [0.15, 0.2) is 0 Å². The number of hydrogen-bond donors (Lipinski definition) is 2.